The van der Waals surface area contributed by atoms with E-state index in [0.717, 1.165) is 67.7 Å². The van der Waals surface area contributed by atoms with E-state index in [-0.39, 0.29) is 0 Å². The molecule has 0 unspecified atom stereocenters. The summed E-state index contributed by atoms with van der Waals surface area (Å²) in [6.07, 6.45) is 1.64. The minimum atomic E-state index is 0.835. The highest BCUT2D eigenvalue weighted by molar-refractivity contribution is 5.93. The Morgan fingerprint density at radius 2 is 1.89 bits per heavy atom. The first-order chi connectivity index (χ1) is 13.7. The van der Waals surface area contributed by atoms with Crippen LogP contribution in [0.4, 0.5) is 11.5 Å². The predicted molar refractivity (Wildman–Crippen MR) is 110 cm³/mol. The van der Waals surface area contributed by atoms with Crippen LogP contribution >= 0.6 is 0 Å². The molecule has 4 rings (SSSR count). The molecule has 1 aliphatic heterocycles. The summed E-state index contributed by atoms with van der Waals surface area (Å²) < 4.78 is 13.0. The lowest BCUT2D eigenvalue weighted by Crippen LogP contribution is -3.14. The molecule has 148 valence electrons. The van der Waals surface area contributed by atoms with Crippen molar-refractivity contribution in [2.75, 3.05) is 45.3 Å². The minimum absolute atomic E-state index is 0.835. The number of quaternary nitrogens is 1. The van der Waals surface area contributed by atoms with Gasteiger partial charge < -0.3 is 24.3 Å². The maximum Gasteiger partial charge on any atom is 0.146 e. The summed E-state index contributed by atoms with van der Waals surface area (Å²) in [5.41, 5.74) is 4.45. The van der Waals surface area contributed by atoms with Gasteiger partial charge in [-0.25, -0.2) is 9.97 Å². The minimum Gasteiger partial charge on any atom is -0.497 e. The molecule has 2 aromatic heterocycles. The van der Waals surface area contributed by atoms with Crippen molar-refractivity contribution in [1.82, 2.24) is 14.5 Å². The Hall–Kier alpha value is -2.64. The van der Waals surface area contributed by atoms with Gasteiger partial charge >= 0.3 is 0 Å². The van der Waals surface area contributed by atoms with Crippen molar-refractivity contribution in [2.45, 2.75) is 20.4 Å². The summed E-state index contributed by atoms with van der Waals surface area (Å²) in [6, 6.07) is 7.87. The van der Waals surface area contributed by atoms with Crippen LogP contribution in [0.1, 0.15) is 11.3 Å². The molecule has 28 heavy (non-hydrogen) atoms. The molecule has 0 saturated carbocycles. The average molecular weight is 382 g/mol. The number of ether oxygens (including phenoxy) is 2. The average Bonchev–Trinajstić information content (AvgIpc) is 2.99. The summed E-state index contributed by atoms with van der Waals surface area (Å²) in [7, 11) is 1.67. The third kappa shape index (κ3) is 3.68. The van der Waals surface area contributed by atoms with Crippen molar-refractivity contribution >= 4 is 22.5 Å². The smallest absolute Gasteiger partial charge is 0.146 e. The van der Waals surface area contributed by atoms with Gasteiger partial charge in [-0.3, -0.25) is 0 Å². The summed E-state index contributed by atoms with van der Waals surface area (Å²) >= 11 is 0. The van der Waals surface area contributed by atoms with Crippen LogP contribution in [0.3, 0.4) is 0 Å². The highest BCUT2D eigenvalue weighted by atomic mass is 16.5. The van der Waals surface area contributed by atoms with Crippen LogP contribution in [0.25, 0.3) is 11.0 Å². The fourth-order valence-corrected chi connectivity index (χ4v) is 3.83. The molecule has 0 amide bonds. The Bertz CT molecular complexity index is 946. The molecule has 0 aliphatic carbocycles. The van der Waals surface area contributed by atoms with Gasteiger partial charge in [0.1, 0.15) is 36.6 Å². The van der Waals surface area contributed by atoms with Crippen molar-refractivity contribution in [3.05, 3.63) is 41.9 Å². The van der Waals surface area contributed by atoms with Crippen LogP contribution in [-0.4, -0.2) is 54.5 Å². The third-order valence-corrected chi connectivity index (χ3v) is 5.65. The molecule has 1 fully saturated rings. The zero-order valence-electron chi connectivity index (χ0n) is 16.8. The van der Waals surface area contributed by atoms with Crippen LogP contribution < -0.4 is 15.0 Å². The van der Waals surface area contributed by atoms with E-state index in [2.05, 4.69) is 33.7 Å². The molecule has 0 radical (unpaired) electrons. The molecular formula is C21H28N5O2+. The number of aromatic nitrogens is 3. The number of nitrogens with zero attached hydrogens (tertiary/aromatic N) is 3. The maximum atomic E-state index is 5.47. The third-order valence-electron chi connectivity index (χ3n) is 5.65. The monoisotopic (exact) mass is 382 g/mol. The van der Waals surface area contributed by atoms with E-state index < -0.39 is 0 Å². The highest BCUT2D eigenvalue weighted by Crippen LogP contribution is 2.30. The molecule has 3 aromatic rings. The Kier molecular flexibility index (Phi) is 5.45. The molecule has 0 bridgehead atoms. The molecule has 1 aliphatic rings. The molecule has 7 nitrogen and oxygen atoms in total. The van der Waals surface area contributed by atoms with Crippen molar-refractivity contribution < 1.29 is 14.4 Å². The number of methoxy groups -OCH3 is 1. The number of fused-ring (bicyclic) bond motifs is 1. The molecule has 3 heterocycles. The number of benzene rings is 1. The van der Waals surface area contributed by atoms with Crippen molar-refractivity contribution in [3.63, 3.8) is 0 Å². The lowest BCUT2D eigenvalue weighted by molar-refractivity contribution is -0.908. The van der Waals surface area contributed by atoms with Gasteiger partial charge in [-0.15, -0.1) is 0 Å². The second-order valence-electron chi connectivity index (χ2n) is 7.25. The summed E-state index contributed by atoms with van der Waals surface area (Å²) in [5.74, 6) is 1.68. The normalized spacial score (nSPS) is 15.1. The van der Waals surface area contributed by atoms with Gasteiger partial charge in [0.05, 0.1) is 38.8 Å². The van der Waals surface area contributed by atoms with Gasteiger partial charge in [0.2, 0.25) is 0 Å². The van der Waals surface area contributed by atoms with E-state index in [1.807, 2.05) is 24.3 Å². The number of rotatable bonds is 6. The van der Waals surface area contributed by atoms with Crippen molar-refractivity contribution in [1.29, 1.82) is 0 Å². The fourth-order valence-electron chi connectivity index (χ4n) is 3.83. The van der Waals surface area contributed by atoms with Crippen LogP contribution in [0.2, 0.25) is 0 Å². The van der Waals surface area contributed by atoms with E-state index in [1.54, 1.807) is 18.3 Å². The van der Waals surface area contributed by atoms with Gasteiger partial charge in [-0.2, -0.15) is 0 Å². The molecule has 2 N–H and O–H groups in total. The summed E-state index contributed by atoms with van der Waals surface area (Å²) in [5, 5.41) is 4.53. The number of morpholine rings is 1. The molecular weight excluding hydrogens is 354 g/mol. The van der Waals surface area contributed by atoms with Gasteiger partial charge in [0, 0.05) is 11.4 Å². The first-order valence-electron chi connectivity index (χ1n) is 9.80. The van der Waals surface area contributed by atoms with Crippen molar-refractivity contribution in [2.24, 2.45) is 0 Å². The lowest BCUT2D eigenvalue weighted by Gasteiger charge is -2.24. The van der Waals surface area contributed by atoms with E-state index in [9.17, 15) is 0 Å². The highest BCUT2D eigenvalue weighted by Gasteiger charge is 2.19. The Morgan fingerprint density at radius 3 is 2.61 bits per heavy atom. The standard InChI is InChI=1S/C21H27N5O2/c1-15-16(2)26(9-8-25-10-12-28-13-11-25)21-19(15)20(22-14-23-21)24-17-4-6-18(27-3)7-5-17/h4-7,14H,8-13H2,1-3H3,(H,22,23,24)/p+1. The topological polar surface area (TPSA) is 65.6 Å². The van der Waals surface area contributed by atoms with Crippen LogP contribution in [-0.2, 0) is 11.3 Å². The maximum absolute atomic E-state index is 5.47. The zero-order valence-corrected chi connectivity index (χ0v) is 16.8. The van der Waals surface area contributed by atoms with Gasteiger partial charge in [-0.05, 0) is 43.7 Å². The first-order valence-corrected chi connectivity index (χ1v) is 9.80. The van der Waals surface area contributed by atoms with E-state index in [0.29, 0.717) is 0 Å². The second-order valence-corrected chi connectivity index (χ2v) is 7.25. The first kappa shape index (κ1) is 18.7. The molecule has 1 saturated heterocycles. The number of aryl methyl sites for hydroxylation is 1. The lowest BCUT2D eigenvalue weighted by atomic mass is 10.2. The predicted octanol–water partition coefficient (Wildman–Crippen LogP) is 1.72. The van der Waals surface area contributed by atoms with Crippen LogP contribution in [0.15, 0.2) is 30.6 Å². The summed E-state index contributed by atoms with van der Waals surface area (Å²) in [6.45, 7) is 10.2. The van der Waals surface area contributed by atoms with E-state index in [4.69, 9.17) is 9.47 Å². The number of hydrogen-bond acceptors (Lipinski definition) is 5. The van der Waals surface area contributed by atoms with Crippen LogP contribution in [0.5, 0.6) is 5.75 Å². The molecule has 1 aromatic carbocycles. The Labute approximate surface area is 165 Å². The number of nitrogens with one attached hydrogen (secondary N) is 2. The Balaban J connectivity index is 1.61. The van der Waals surface area contributed by atoms with E-state index in [1.165, 1.54) is 11.3 Å². The number of hydrogen-bond donors (Lipinski definition) is 2. The summed E-state index contributed by atoms with van der Waals surface area (Å²) in [4.78, 5) is 10.7. The quantitative estimate of drug-likeness (QED) is 0.680. The fraction of sp³-hybridized carbons (Fsp3) is 0.429. The van der Waals surface area contributed by atoms with E-state index >= 15 is 0 Å². The van der Waals surface area contributed by atoms with Crippen molar-refractivity contribution in [3.8, 4) is 5.75 Å². The van der Waals surface area contributed by atoms with Gasteiger partial charge in [0.15, 0.2) is 0 Å². The molecule has 0 atom stereocenters. The van der Waals surface area contributed by atoms with Crippen LogP contribution in [0, 0.1) is 13.8 Å². The SMILES string of the molecule is COc1ccc(Nc2ncnc3c2c(C)c(C)n3CC[NH+]2CCOCC2)cc1. The second kappa shape index (κ2) is 8.16. The molecule has 0 spiro atoms. The Morgan fingerprint density at radius 1 is 1.14 bits per heavy atom. The number of anilines is 2. The van der Waals surface area contributed by atoms with Gasteiger partial charge in [0.25, 0.3) is 0 Å². The molecule has 7 heteroatoms. The van der Waals surface area contributed by atoms with Gasteiger partial charge in [-0.1, -0.05) is 0 Å². The zero-order chi connectivity index (χ0) is 19.5. The largest absolute Gasteiger partial charge is 0.497 e.